The van der Waals surface area contributed by atoms with E-state index in [2.05, 4.69) is 41.0 Å². The molecule has 0 aliphatic carbocycles. The van der Waals surface area contributed by atoms with Crippen molar-refractivity contribution in [3.8, 4) is 11.5 Å². The van der Waals surface area contributed by atoms with Gasteiger partial charge in [0.1, 0.15) is 6.61 Å². The van der Waals surface area contributed by atoms with Gasteiger partial charge in [-0.2, -0.15) is 4.98 Å². The highest BCUT2D eigenvalue weighted by Gasteiger charge is 2.21. The molecule has 28 heavy (non-hydrogen) atoms. The highest BCUT2D eigenvalue weighted by atomic mass is 32.1. The van der Waals surface area contributed by atoms with E-state index in [0.29, 0.717) is 12.5 Å². The lowest BCUT2D eigenvalue weighted by Crippen LogP contribution is -2.26. The SMILES string of the molecule is CCc1noc(C(C)N(CC)Cc2ccc(OCc3cccs3)c(OC)c2)n1. The molecule has 3 aromatic rings. The van der Waals surface area contributed by atoms with Crippen LogP contribution in [0.25, 0.3) is 0 Å². The van der Waals surface area contributed by atoms with E-state index < -0.39 is 0 Å². The Hall–Kier alpha value is -2.38. The topological polar surface area (TPSA) is 60.6 Å². The Morgan fingerprint density at radius 2 is 2.07 bits per heavy atom. The molecule has 150 valence electrons. The molecule has 0 aliphatic rings. The molecule has 1 aromatic carbocycles. The standard InChI is InChI=1S/C21H27N3O3S/c1-5-20-22-21(27-23-20)15(3)24(6-2)13-16-9-10-18(19(12-16)25-4)26-14-17-8-7-11-28-17/h7-12,15H,5-6,13-14H2,1-4H3. The maximum absolute atomic E-state index is 5.93. The fraction of sp³-hybridized carbons (Fsp3) is 0.429. The first-order valence-corrected chi connectivity index (χ1v) is 10.4. The molecule has 0 amide bonds. The third kappa shape index (κ3) is 4.91. The molecular formula is C21H27N3O3S. The summed E-state index contributed by atoms with van der Waals surface area (Å²) in [5, 5.41) is 6.06. The largest absolute Gasteiger partial charge is 0.493 e. The zero-order valence-corrected chi connectivity index (χ0v) is 17.7. The van der Waals surface area contributed by atoms with Gasteiger partial charge in [-0.25, -0.2) is 0 Å². The van der Waals surface area contributed by atoms with Crippen molar-refractivity contribution in [1.29, 1.82) is 0 Å². The van der Waals surface area contributed by atoms with Gasteiger partial charge in [-0.1, -0.05) is 31.1 Å². The Kier molecular flexibility index (Phi) is 7.06. The van der Waals surface area contributed by atoms with Gasteiger partial charge in [0, 0.05) is 17.8 Å². The van der Waals surface area contributed by atoms with E-state index in [1.165, 1.54) is 4.88 Å². The van der Waals surface area contributed by atoms with E-state index in [1.54, 1.807) is 18.4 Å². The van der Waals surface area contributed by atoms with Crippen LogP contribution in [-0.4, -0.2) is 28.7 Å². The number of hydrogen-bond donors (Lipinski definition) is 0. The van der Waals surface area contributed by atoms with Gasteiger partial charge in [-0.15, -0.1) is 11.3 Å². The van der Waals surface area contributed by atoms with Gasteiger partial charge in [0.15, 0.2) is 17.3 Å². The molecule has 0 radical (unpaired) electrons. The van der Waals surface area contributed by atoms with E-state index in [0.717, 1.165) is 42.4 Å². The van der Waals surface area contributed by atoms with Gasteiger partial charge in [-0.3, -0.25) is 4.90 Å². The van der Waals surface area contributed by atoms with Gasteiger partial charge in [0.25, 0.3) is 0 Å². The lowest BCUT2D eigenvalue weighted by Gasteiger charge is -2.25. The molecule has 0 bridgehead atoms. The number of benzene rings is 1. The highest BCUT2D eigenvalue weighted by Crippen LogP contribution is 2.31. The second-order valence-corrected chi connectivity index (χ2v) is 7.53. The van der Waals surface area contributed by atoms with Crippen LogP contribution in [0.1, 0.15) is 49.0 Å². The summed E-state index contributed by atoms with van der Waals surface area (Å²) in [6.07, 6.45) is 0.770. The molecule has 0 saturated heterocycles. The van der Waals surface area contributed by atoms with Crippen molar-refractivity contribution < 1.29 is 14.0 Å². The molecular weight excluding hydrogens is 374 g/mol. The fourth-order valence-electron chi connectivity index (χ4n) is 2.97. The van der Waals surface area contributed by atoms with E-state index >= 15 is 0 Å². The second-order valence-electron chi connectivity index (χ2n) is 6.49. The van der Waals surface area contributed by atoms with Gasteiger partial charge in [-0.05, 0) is 42.6 Å². The predicted molar refractivity (Wildman–Crippen MR) is 110 cm³/mol. The third-order valence-corrected chi connectivity index (χ3v) is 5.52. The van der Waals surface area contributed by atoms with Crippen molar-refractivity contribution in [1.82, 2.24) is 15.0 Å². The number of nitrogens with zero attached hydrogens (tertiary/aromatic N) is 3. The lowest BCUT2D eigenvalue weighted by molar-refractivity contribution is 0.173. The van der Waals surface area contributed by atoms with Gasteiger partial charge < -0.3 is 14.0 Å². The summed E-state index contributed by atoms with van der Waals surface area (Å²) in [4.78, 5) is 7.94. The van der Waals surface area contributed by atoms with Crippen LogP contribution < -0.4 is 9.47 Å². The maximum atomic E-state index is 5.93. The Balaban J connectivity index is 1.69. The minimum absolute atomic E-state index is 0.0403. The Bertz CT molecular complexity index is 864. The third-order valence-electron chi connectivity index (χ3n) is 4.68. The van der Waals surface area contributed by atoms with Crippen molar-refractivity contribution in [2.24, 2.45) is 0 Å². The van der Waals surface area contributed by atoms with Crippen LogP contribution in [-0.2, 0) is 19.6 Å². The molecule has 2 heterocycles. The van der Waals surface area contributed by atoms with Crippen LogP contribution in [0.15, 0.2) is 40.2 Å². The van der Waals surface area contributed by atoms with Crippen LogP contribution >= 0.6 is 11.3 Å². The van der Waals surface area contributed by atoms with Crippen molar-refractivity contribution in [3.63, 3.8) is 0 Å². The molecule has 0 saturated carbocycles. The zero-order chi connectivity index (χ0) is 19.9. The number of hydrogen-bond acceptors (Lipinski definition) is 7. The summed E-state index contributed by atoms with van der Waals surface area (Å²) in [5.74, 6) is 2.89. The molecule has 1 atom stereocenters. The Labute approximate surface area is 170 Å². The number of methoxy groups -OCH3 is 1. The first-order valence-electron chi connectivity index (χ1n) is 9.53. The average Bonchev–Trinajstić information content (AvgIpc) is 3.42. The number of aryl methyl sites for hydroxylation is 1. The molecule has 7 heteroatoms. The summed E-state index contributed by atoms with van der Waals surface area (Å²) in [7, 11) is 1.67. The molecule has 0 aliphatic heterocycles. The molecule has 0 N–H and O–H groups in total. The summed E-state index contributed by atoms with van der Waals surface area (Å²) in [5.41, 5.74) is 1.14. The number of aromatic nitrogens is 2. The number of rotatable bonds is 10. The summed E-state index contributed by atoms with van der Waals surface area (Å²) < 4.78 is 16.9. The summed E-state index contributed by atoms with van der Waals surface area (Å²) >= 11 is 1.68. The average molecular weight is 402 g/mol. The van der Waals surface area contributed by atoms with Gasteiger partial charge in [0.05, 0.1) is 13.2 Å². The molecule has 6 nitrogen and oxygen atoms in total. The van der Waals surface area contributed by atoms with E-state index in [1.807, 2.05) is 30.5 Å². The lowest BCUT2D eigenvalue weighted by atomic mass is 10.1. The normalized spacial score (nSPS) is 12.3. The van der Waals surface area contributed by atoms with E-state index in [4.69, 9.17) is 14.0 Å². The minimum atomic E-state index is 0.0403. The van der Waals surface area contributed by atoms with Crippen LogP contribution in [0.4, 0.5) is 0 Å². The van der Waals surface area contributed by atoms with Crippen molar-refractivity contribution in [2.75, 3.05) is 13.7 Å². The first kappa shape index (κ1) is 20.4. The van der Waals surface area contributed by atoms with Crippen LogP contribution in [0.5, 0.6) is 11.5 Å². The van der Waals surface area contributed by atoms with Crippen molar-refractivity contribution in [2.45, 2.75) is 46.4 Å². The monoisotopic (exact) mass is 401 g/mol. The van der Waals surface area contributed by atoms with E-state index in [-0.39, 0.29) is 6.04 Å². The summed E-state index contributed by atoms with van der Waals surface area (Å²) in [6, 6.07) is 10.2. The predicted octanol–water partition coefficient (Wildman–Crippen LogP) is 4.86. The summed E-state index contributed by atoms with van der Waals surface area (Å²) in [6.45, 7) is 8.40. The minimum Gasteiger partial charge on any atom is -0.493 e. The highest BCUT2D eigenvalue weighted by molar-refractivity contribution is 7.09. The first-order chi connectivity index (χ1) is 13.6. The fourth-order valence-corrected chi connectivity index (χ4v) is 3.58. The molecule has 0 fully saturated rings. The maximum Gasteiger partial charge on any atom is 0.243 e. The molecule has 1 unspecified atom stereocenters. The number of ether oxygens (including phenoxy) is 2. The quantitative estimate of drug-likeness (QED) is 0.483. The van der Waals surface area contributed by atoms with E-state index in [9.17, 15) is 0 Å². The molecule has 2 aromatic heterocycles. The smallest absolute Gasteiger partial charge is 0.243 e. The van der Waals surface area contributed by atoms with Crippen molar-refractivity contribution >= 4 is 11.3 Å². The van der Waals surface area contributed by atoms with Crippen LogP contribution in [0.2, 0.25) is 0 Å². The second kappa shape index (κ2) is 9.71. The van der Waals surface area contributed by atoms with Crippen LogP contribution in [0, 0.1) is 0 Å². The Morgan fingerprint density at radius 1 is 1.21 bits per heavy atom. The zero-order valence-electron chi connectivity index (χ0n) is 16.8. The molecule has 3 rings (SSSR count). The Morgan fingerprint density at radius 3 is 2.71 bits per heavy atom. The van der Waals surface area contributed by atoms with Gasteiger partial charge >= 0.3 is 0 Å². The van der Waals surface area contributed by atoms with Crippen molar-refractivity contribution in [3.05, 3.63) is 57.9 Å². The van der Waals surface area contributed by atoms with Gasteiger partial charge in [0.2, 0.25) is 5.89 Å². The molecule has 0 spiro atoms. The number of thiophene rings is 1. The van der Waals surface area contributed by atoms with Crippen LogP contribution in [0.3, 0.4) is 0 Å².